The van der Waals surface area contributed by atoms with Crippen molar-refractivity contribution < 1.29 is 4.74 Å². The Morgan fingerprint density at radius 2 is 2.05 bits per heavy atom. The van der Waals surface area contributed by atoms with E-state index in [2.05, 4.69) is 20.9 Å². The van der Waals surface area contributed by atoms with E-state index in [1.165, 1.54) is 25.3 Å². The third-order valence-electron chi connectivity index (χ3n) is 4.19. The standard InChI is InChI=1S/C10H9NO2.C6H9Br/c1-13-8-4-2-7-3-5-10(12)11-9(7)6-8;7-6-2-1-4-3-5(4)6/h2-6H,1H3,(H,11,12);4-6H,1-3H2. The van der Waals surface area contributed by atoms with Gasteiger partial charge in [0.05, 0.1) is 12.6 Å². The summed E-state index contributed by atoms with van der Waals surface area (Å²) in [6.45, 7) is 0. The molecule has 0 radical (unpaired) electrons. The van der Waals surface area contributed by atoms with E-state index < -0.39 is 0 Å². The van der Waals surface area contributed by atoms with Crippen molar-refractivity contribution in [3.05, 3.63) is 40.7 Å². The Labute approximate surface area is 126 Å². The molecular weight excluding hydrogens is 318 g/mol. The number of methoxy groups -OCH3 is 1. The van der Waals surface area contributed by atoms with Crippen molar-refractivity contribution >= 4 is 26.8 Å². The van der Waals surface area contributed by atoms with E-state index in [0.717, 1.165) is 33.3 Å². The fourth-order valence-electron chi connectivity index (χ4n) is 2.89. The summed E-state index contributed by atoms with van der Waals surface area (Å²) >= 11 is 3.65. The highest BCUT2D eigenvalue weighted by Gasteiger charge is 2.46. The van der Waals surface area contributed by atoms with Crippen LogP contribution in [0.25, 0.3) is 10.9 Å². The minimum Gasteiger partial charge on any atom is -0.497 e. The van der Waals surface area contributed by atoms with Gasteiger partial charge in [0.15, 0.2) is 0 Å². The number of nitrogens with one attached hydrogen (secondary N) is 1. The van der Waals surface area contributed by atoms with Crippen LogP contribution in [0.15, 0.2) is 35.1 Å². The molecule has 2 aliphatic rings. The summed E-state index contributed by atoms with van der Waals surface area (Å²) in [5.41, 5.74) is 0.701. The van der Waals surface area contributed by atoms with E-state index in [1.54, 1.807) is 19.2 Å². The molecule has 2 aliphatic carbocycles. The Kier molecular flexibility index (Phi) is 3.83. The first kappa shape index (κ1) is 13.7. The number of halogens is 1. The Morgan fingerprint density at radius 3 is 2.60 bits per heavy atom. The summed E-state index contributed by atoms with van der Waals surface area (Å²) in [5, 5.41) is 1.00. The monoisotopic (exact) mass is 335 g/mol. The first-order valence-corrected chi connectivity index (χ1v) is 7.90. The maximum absolute atomic E-state index is 11.0. The number of hydrogen-bond acceptors (Lipinski definition) is 2. The first-order valence-electron chi connectivity index (χ1n) is 6.98. The van der Waals surface area contributed by atoms with E-state index in [1.807, 2.05) is 12.1 Å². The number of aromatic nitrogens is 1. The molecule has 0 bridgehead atoms. The first-order chi connectivity index (χ1) is 9.67. The molecule has 0 aliphatic heterocycles. The fraction of sp³-hybridized carbons (Fsp3) is 0.438. The van der Waals surface area contributed by atoms with E-state index in [4.69, 9.17) is 4.74 Å². The molecule has 1 aromatic carbocycles. The van der Waals surface area contributed by atoms with Crippen molar-refractivity contribution in [2.45, 2.75) is 24.1 Å². The number of alkyl halides is 1. The topological polar surface area (TPSA) is 42.1 Å². The Morgan fingerprint density at radius 1 is 1.25 bits per heavy atom. The molecule has 3 unspecified atom stereocenters. The van der Waals surface area contributed by atoms with Crippen molar-refractivity contribution in [1.82, 2.24) is 4.98 Å². The minimum atomic E-state index is -0.0965. The lowest BCUT2D eigenvalue weighted by Crippen LogP contribution is -2.02. The largest absolute Gasteiger partial charge is 0.497 e. The second-order valence-corrected chi connectivity index (χ2v) is 6.70. The molecule has 4 rings (SSSR count). The highest BCUT2D eigenvalue weighted by Crippen LogP contribution is 2.54. The van der Waals surface area contributed by atoms with E-state index in [0.29, 0.717) is 0 Å². The lowest BCUT2D eigenvalue weighted by atomic mass is 10.2. The van der Waals surface area contributed by atoms with Crippen LogP contribution in [-0.4, -0.2) is 16.9 Å². The van der Waals surface area contributed by atoms with Gasteiger partial charge in [-0.3, -0.25) is 4.79 Å². The van der Waals surface area contributed by atoms with Gasteiger partial charge in [0.25, 0.3) is 0 Å². The Hall–Kier alpha value is -1.29. The zero-order chi connectivity index (χ0) is 14.1. The van der Waals surface area contributed by atoms with Gasteiger partial charge < -0.3 is 9.72 Å². The minimum absolute atomic E-state index is 0.0965. The van der Waals surface area contributed by atoms with Gasteiger partial charge in [-0.15, -0.1) is 0 Å². The molecule has 2 saturated carbocycles. The normalized spacial score (nSPS) is 26.6. The molecule has 2 fully saturated rings. The number of rotatable bonds is 1. The van der Waals surface area contributed by atoms with E-state index in [-0.39, 0.29) is 5.56 Å². The Bertz CT molecular complexity index is 667. The summed E-state index contributed by atoms with van der Waals surface area (Å²) in [6.07, 6.45) is 4.46. The summed E-state index contributed by atoms with van der Waals surface area (Å²) in [7, 11) is 1.60. The lowest BCUT2D eigenvalue weighted by Gasteiger charge is -2.00. The van der Waals surface area contributed by atoms with Crippen molar-refractivity contribution in [3.8, 4) is 5.75 Å². The van der Waals surface area contributed by atoms with Crippen LogP contribution < -0.4 is 10.3 Å². The molecule has 3 atom stereocenters. The predicted octanol–water partition coefficient (Wildman–Crippen LogP) is 3.72. The predicted molar refractivity (Wildman–Crippen MR) is 84.7 cm³/mol. The van der Waals surface area contributed by atoms with E-state index in [9.17, 15) is 4.79 Å². The quantitative estimate of drug-likeness (QED) is 0.807. The van der Waals surface area contributed by atoms with Crippen molar-refractivity contribution in [1.29, 1.82) is 0 Å². The van der Waals surface area contributed by atoms with Gasteiger partial charge in [0.1, 0.15) is 5.75 Å². The van der Waals surface area contributed by atoms with Crippen LogP contribution in [-0.2, 0) is 0 Å². The second kappa shape index (κ2) is 5.60. The maximum atomic E-state index is 11.0. The average Bonchev–Trinajstić information content (AvgIpc) is 3.17. The van der Waals surface area contributed by atoms with Crippen LogP contribution in [0.1, 0.15) is 19.3 Å². The molecule has 0 saturated heterocycles. The molecule has 1 aromatic heterocycles. The second-order valence-electron chi connectivity index (χ2n) is 5.53. The van der Waals surface area contributed by atoms with Gasteiger partial charge in [-0.25, -0.2) is 0 Å². The highest BCUT2D eigenvalue weighted by molar-refractivity contribution is 9.09. The van der Waals surface area contributed by atoms with Crippen LogP contribution in [0.5, 0.6) is 5.75 Å². The van der Waals surface area contributed by atoms with Gasteiger partial charge in [0.2, 0.25) is 5.56 Å². The summed E-state index contributed by atoms with van der Waals surface area (Å²) in [6, 6.07) is 8.86. The fourth-order valence-corrected chi connectivity index (χ4v) is 3.80. The molecule has 20 heavy (non-hydrogen) atoms. The number of ether oxygens (including phenoxy) is 1. The van der Waals surface area contributed by atoms with Gasteiger partial charge in [-0.2, -0.15) is 0 Å². The maximum Gasteiger partial charge on any atom is 0.248 e. The molecule has 106 valence electrons. The highest BCUT2D eigenvalue weighted by atomic mass is 79.9. The molecule has 3 nitrogen and oxygen atoms in total. The van der Waals surface area contributed by atoms with Crippen LogP contribution in [0, 0.1) is 11.8 Å². The van der Waals surface area contributed by atoms with Gasteiger partial charge >= 0.3 is 0 Å². The SMILES string of the molecule is BrC1CCC2CC12.COc1ccc2ccc(=O)[nH]c2c1. The zero-order valence-electron chi connectivity index (χ0n) is 11.4. The Balaban J connectivity index is 0.000000144. The van der Waals surface area contributed by atoms with Gasteiger partial charge in [0, 0.05) is 17.0 Å². The number of hydrogen-bond donors (Lipinski definition) is 1. The molecule has 4 heteroatoms. The van der Waals surface area contributed by atoms with Crippen LogP contribution in [0.4, 0.5) is 0 Å². The summed E-state index contributed by atoms with van der Waals surface area (Å²) in [5.74, 6) is 2.98. The summed E-state index contributed by atoms with van der Waals surface area (Å²) in [4.78, 5) is 14.6. The van der Waals surface area contributed by atoms with Crippen LogP contribution >= 0.6 is 15.9 Å². The van der Waals surface area contributed by atoms with Crippen molar-refractivity contribution in [2.75, 3.05) is 7.11 Å². The molecular formula is C16H18BrNO2. The number of fused-ring (bicyclic) bond motifs is 2. The van der Waals surface area contributed by atoms with Crippen LogP contribution in [0.3, 0.4) is 0 Å². The third kappa shape index (κ3) is 2.90. The number of benzene rings is 1. The molecule has 2 aromatic rings. The van der Waals surface area contributed by atoms with Crippen molar-refractivity contribution in [3.63, 3.8) is 0 Å². The molecule has 0 amide bonds. The average molecular weight is 336 g/mol. The molecule has 0 spiro atoms. The smallest absolute Gasteiger partial charge is 0.248 e. The van der Waals surface area contributed by atoms with Crippen LogP contribution in [0.2, 0.25) is 0 Å². The van der Waals surface area contributed by atoms with E-state index >= 15 is 0 Å². The number of pyridine rings is 1. The molecule has 1 heterocycles. The van der Waals surface area contributed by atoms with Gasteiger partial charge in [-0.1, -0.05) is 15.9 Å². The lowest BCUT2D eigenvalue weighted by molar-refractivity contribution is 0.415. The third-order valence-corrected chi connectivity index (χ3v) is 5.32. The summed E-state index contributed by atoms with van der Waals surface area (Å²) < 4.78 is 5.04. The number of aromatic amines is 1. The van der Waals surface area contributed by atoms with Crippen molar-refractivity contribution in [2.24, 2.45) is 11.8 Å². The van der Waals surface area contributed by atoms with Gasteiger partial charge in [-0.05, 0) is 54.7 Å². The molecule has 1 N–H and O–H groups in total. The number of H-pyrrole nitrogens is 1. The zero-order valence-corrected chi connectivity index (χ0v) is 13.0.